The largest absolute Gasteiger partial charge is 0.497 e. The first-order valence-electron chi connectivity index (χ1n) is 11.1. The third-order valence-electron chi connectivity index (χ3n) is 5.29. The Morgan fingerprint density at radius 3 is 2.47 bits per heavy atom. The Balaban J connectivity index is 1.70. The van der Waals surface area contributed by atoms with Crippen LogP contribution in [0.3, 0.4) is 0 Å². The fourth-order valence-corrected chi connectivity index (χ4v) is 3.41. The molecule has 0 unspecified atom stereocenters. The lowest BCUT2D eigenvalue weighted by atomic mass is 10.1. The van der Waals surface area contributed by atoms with Crippen LogP contribution >= 0.6 is 0 Å². The second kappa shape index (κ2) is 13.1. The number of hydrogen-bond donors (Lipinski definition) is 1. The molecule has 0 bridgehead atoms. The lowest BCUT2D eigenvalue weighted by Crippen LogP contribution is -2.46. The summed E-state index contributed by atoms with van der Waals surface area (Å²) < 4.78 is 15.8. The van der Waals surface area contributed by atoms with Crippen LogP contribution in [0.5, 0.6) is 5.75 Å². The molecule has 0 saturated carbocycles. The molecular weight excluding hydrogens is 434 g/mol. The van der Waals surface area contributed by atoms with Crippen molar-refractivity contribution in [3.8, 4) is 5.75 Å². The molecule has 0 aliphatic rings. The van der Waals surface area contributed by atoms with Gasteiger partial charge < -0.3 is 29.0 Å². The van der Waals surface area contributed by atoms with E-state index in [1.54, 1.807) is 55.7 Å². The van der Waals surface area contributed by atoms with E-state index in [-0.39, 0.29) is 25.0 Å². The molecule has 1 heterocycles. The number of nitrogens with zero attached hydrogens (tertiary/aromatic N) is 2. The summed E-state index contributed by atoms with van der Waals surface area (Å²) >= 11 is 0. The summed E-state index contributed by atoms with van der Waals surface area (Å²) in [7, 11) is 3.12. The summed E-state index contributed by atoms with van der Waals surface area (Å²) in [6, 6.07) is 20.3. The van der Waals surface area contributed by atoms with Gasteiger partial charge in [0, 0.05) is 32.0 Å². The van der Waals surface area contributed by atoms with Gasteiger partial charge in [-0.25, -0.2) is 4.79 Å². The molecule has 0 radical (unpaired) electrons. The zero-order chi connectivity index (χ0) is 24.2. The van der Waals surface area contributed by atoms with Gasteiger partial charge in [-0.15, -0.1) is 0 Å². The summed E-state index contributed by atoms with van der Waals surface area (Å²) in [4.78, 5) is 29.5. The van der Waals surface area contributed by atoms with Gasteiger partial charge >= 0.3 is 6.03 Å². The number of carbonyl (C=O) groups excluding carboxylic acids is 2. The first-order valence-corrected chi connectivity index (χ1v) is 11.1. The van der Waals surface area contributed by atoms with Crippen LogP contribution in [0.15, 0.2) is 77.4 Å². The lowest BCUT2D eigenvalue weighted by Gasteiger charge is -2.27. The van der Waals surface area contributed by atoms with Crippen LogP contribution in [0.1, 0.15) is 11.3 Å². The fourth-order valence-electron chi connectivity index (χ4n) is 3.41. The van der Waals surface area contributed by atoms with Crippen LogP contribution < -0.4 is 10.1 Å². The van der Waals surface area contributed by atoms with Gasteiger partial charge in [-0.3, -0.25) is 4.79 Å². The van der Waals surface area contributed by atoms with Crippen LogP contribution in [-0.4, -0.2) is 62.2 Å². The molecule has 0 aliphatic carbocycles. The van der Waals surface area contributed by atoms with Gasteiger partial charge in [-0.2, -0.15) is 0 Å². The highest BCUT2D eigenvalue weighted by Crippen LogP contribution is 2.17. The van der Waals surface area contributed by atoms with Crippen LogP contribution in [0.25, 0.3) is 0 Å². The summed E-state index contributed by atoms with van der Waals surface area (Å²) in [5, 5.41) is 2.84. The van der Waals surface area contributed by atoms with E-state index >= 15 is 0 Å². The van der Waals surface area contributed by atoms with Crippen molar-refractivity contribution in [2.75, 3.05) is 45.8 Å². The number of hydrogen-bond acceptors (Lipinski definition) is 5. The number of methoxy groups -OCH3 is 2. The molecule has 3 rings (SSSR count). The van der Waals surface area contributed by atoms with Crippen LogP contribution in [0.2, 0.25) is 0 Å². The maximum Gasteiger partial charge on any atom is 0.322 e. The van der Waals surface area contributed by atoms with Crippen molar-refractivity contribution < 1.29 is 23.5 Å². The number of rotatable bonds is 12. The Bertz CT molecular complexity index is 1020. The van der Waals surface area contributed by atoms with Crippen molar-refractivity contribution >= 4 is 17.6 Å². The molecule has 3 aromatic rings. The van der Waals surface area contributed by atoms with Gasteiger partial charge in [0.05, 0.1) is 26.5 Å². The second-order valence-electron chi connectivity index (χ2n) is 7.71. The van der Waals surface area contributed by atoms with E-state index in [1.165, 1.54) is 4.90 Å². The highest BCUT2D eigenvalue weighted by Gasteiger charge is 2.22. The first kappa shape index (κ1) is 24.9. The van der Waals surface area contributed by atoms with Crippen molar-refractivity contribution in [2.45, 2.75) is 13.0 Å². The van der Waals surface area contributed by atoms with Crippen molar-refractivity contribution in [3.63, 3.8) is 0 Å². The molecule has 180 valence electrons. The SMILES string of the molecule is COCCN(CC(=O)N(CCc1ccccc1)Cc1ccco1)C(=O)Nc1cccc(OC)c1. The molecule has 0 fully saturated rings. The molecule has 0 atom stereocenters. The van der Waals surface area contributed by atoms with E-state index in [0.29, 0.717) is 43.3 Å². The molecule has 34 heavy (non-hydrogen) atoms. The second-order valence-corrected chi connectivity index (χ2v) is 7.71. The molecule has 3 amide bonds. The van der Waals surface area contributed by atoms with Crippen molar-refractivity contribution in [3.05, 3.63) is 84.3 Å². The van der Waals surface area contributed by atoms with Gasteiger partial charge in [0.25, 0.3) is 0 Å². The molecule has 1 N–H and O–H groups in total. The average Bonchev–Trinajstić information content (AvgIpc) is 3.38. The Morgan fingerprint density at radius 2 is 1.76 bits per heavy atom. The molecule has 8 nitrogen and oxygen atoms in total. The molecule has 8 heteroatoms. The molecule has 0 aliphatic heterocycles. The Morgan fingerprint density at radius 1 is 0.941 bits per heavy atom. The average molecular weight is 466 g/mol. The molecule has 1 aromatic heterocycles. The van der Waals surface area contributed by atoms with Gasteiger partial charge in [-0.05, 0) is 36.2 Å². The molecule has 0 spiro atoms. The molecule has 2 aromatic carbocycles. The molecule has 0 saturated heterocycles. The summed E-state index contributed by atoms with van der Waals surface area (Å²) in [6.07, 6.45) is 2.28. The Hall–Kier alpha value is -3.78. The van der Waals surface area contributed by atoms with Crippen LogP contribution in [0.4, 0.5) is 10.5 Å². The van der Waals surface area contributed by atoms with Crippen molar-refractivity contribution in [2.24, 2.45) is 0 Å². The third kappa shape index (κ3) is 7.67. The van der Waals surface area contributed by atoms with E-state index in [0.717, 1.165) is 5.56 Å². The maximum absolute atomic E-state index is 13.3. The summed E-state index contributed by atoms with van der Waals surface area (Å²) in [6.45, 7) is 1.31. The number of carbonyl (C=O) groups is 2. The number of amides is 3. The smallest absolute Gasteiger partial charge is 0.322 e. The van der Waals surface area contributed by atoms with Gasteiger partial charge in [0.2, 0.25) is 5.91 Å². The maximum atomic E-state index is 13.3. The monoisotopic (exact) mass is 465 g/mol. The topological polar surface area (TPSA) is 84.2 Å². The third-order valence-corrected chi connectivity index (χ3v) is 5.29. The minimum Gasteiger partial charge on any atom is -0.497 e. The number of urea groups is 1. The van der Waals surface area contributed by atoms with Gasteiger partial charge in [-0.1, -0.05) is 36.4 Å². The standard InChI is InChI=1S/C26H31N3O5/c1-32-17-15-29(26(31)27-22-10-6-11-23(18-22)33-2)20-25(30)28(19-24-12-7-16-34-24)14-13-21-8-4-3-5-9-21/h3-12,16,18H,13-15,17,19-20H2,1-2H3,(H,27,31). The number of benzene rings is 2. The summed E-state index contributed by atoms with van der Waals surface area (Å²) in [5.74, 6) is 1.14. The zero-order valence-electron chi connectivity index (χ0n) is 19.6. The Kier molecular flexibility index (Phi) is 9.54. The highest BCUT2D eigenvalue weighted by atomic mass is 16.5. The molecular formula is C26H31N3O5. The Labute approximate surface area is 200 Å². The lowest BCUT2D eigenvalue weighted by molar-refractivity contribution is -0.132. The van der Waals surface area contributed by atoms with Gasteiger partial charge in [0.15, 0.2) is 0 Å². The normalized spacial score (nSPS) is 10.5. The van der Waals surface area contributed by atoms with Crippen molar-refractivity contribution in [1.82, 2.24) is 9.80 Å². The number of anilines is 1. The quantitative estimate of drug-likeness (QED) is 0.436. The first-order chi connectivity index (χ1) is 16.6. The predicted octanol–water partition coefficient (Wildman–Crippen LogP) is 4.04. The predicted molar refractivity (Wildman–Crippen MR) is 130 cm³/mol. The van der Waals surface area contributed by atoms with E-state index in [9.17, 15) is 9.59 Å². The minimum atomic E-state index is -0.389. The van der Waals surface area contributed by atoms with Crippen LogP contribution in [-0.2, 0) is 22.5 Å². The van der Waals surface area contributed by atoms with Crippen molar-refractivity contribution in [1.29, 1.82) is 0 Å². The summed E-state index contributed by atoms with van der Waals surface area (Å²) in [5.41, 5.74) is 1.71. The van der Waals surface area contributed by atoms with E-state index in [4.69, 9.17) is 13.9 Å². The number of furan rings is 1. The highest BCUT2D eigenvalue weighted by molar-refractivity contribution is 5.92. The fraction of sp³-hybridized carbons (Fsp3) is 0.308. The minimum absolute atomic E-state index is 0.0886. The number of nitrogens with one attached hydrogen (secondary N) is 1. The van der Waals surface area contributed by atoms with E-state index < -0.39 is 0 Å². The van der Waals surface area contributed by atoms with E-state index in [2.05, 4.69) is 5.32 Å². The zero-order valence-corrected chi connectivity index (χ0v) is 19.6. The number of ether oxygens (including phenoxy) is 2. The van der Waals surface area contributed by atoms with Gasteiger partial charge in [0.1, 0.15) is 18.1 Å². The van der Waals surface area contributed by atoms with Crippen LogP contribution in [0, 0.1) is 0 Å². The van der Waals surface area contributed by atoms with E-state index in [1.807, 2.05) is 36.4 Å².